The molecule has 18 heavy (non-hydrogen) atoms. The normalized spacial score (nSPS) is 30.9. The first kappa shape index (κ1) is 12.0. The maximum atomic E-state index is 11.9. The van der Waals surface area contributed by atoms with Crippen molar-refractivity contribution < 1.29 is 4.79 Å². The number of ketones is 1. The second kappa shape index (κ2) is 4.27. The van der Waals surface area contributed by atoms with Gasteiger partial charge in [-0.3, -0.25) is 4.79 Å². The van der Waals surface area contributed by atoms with Gasteiger partial charge in [-0.1, -0.05) is 25.4 Å². The van der Waals surface area contributed by atoms with Gasteiger partial charge in [-0.25, -0.2) is 0 Å². The van der Waals surface area contributed by atoms with Gasteiger partial charge in [-0.15, -0.1) is 0 Å². The molecule has 1 aromatic rings. The van der Waals surface area contributed by atoms with E-state index in [0.717, 1.165) is 18.0 Å². The molecule has 0 unspecified atom stereocenters. The van der Waals surface area contributed by atoms with Crippen LogP contribution in [0.3, 0.4) is 0 Å². The predicted molar refractivity (Wildman–Crippen MR) is 74.2 cm³/mol. The largest absolute Gasteiger partial charge is 0.367 e. The van der Waals surface area contributed by atoms with Gasteiger partial charge in [0.2, 0.25) is 0 Å². The Morgan fingerprint density at radius 2 is 2.11 bits per heavy atom. The molecule has 3 rings (SSSR count). The third-order valence-electron chi connectivity index (χ3n) is 4.46. The first-order valence-corrected chi connectivity index (χ1v) is 7.03. The highest BCUT2D eigenvalue weighted by Crippen LogP contribution is 2.40. The van der Waals surface area contributed by atoms with E-state index in [4.69, 9.17) is 11.6 Å². The number of piperidine rings is 1. The monoisotopic (exact) mass is 263 g/mol. The number of hydrogen-bond donors (Lipinski definition) is 0. The van der Waals surface area contributed by atoms with E-state index in [-0.39, 0.29) is 5.92 Å². The van der Waals surface area contributed by atoms with Crippen LogP contribution in [0.2, 0.25) is 5.02 Å². The second-order valence-electron chi connectivity index (χ2n) is 5.64. The number of anilines is 1. The van der Waals surface area contributed by atoms with E-state index in [9.17, 15) is 4.79 Å². The fourth-order valence-electron chi connectivity index (χ4n) is 3.61. The minimum atomic E-state index is 0.151. The molecule has 2 aliphatic heterocycles. The van der Waals surface area contributed by atoms with E-state index < -0.39 is 0 Å². The first-order chi connectivity index (χ1) is 8.58. The second-order valence-corrected chi connectivity index (χ2v) is 6.08. The van der Waals surface area contributed by atoms with E-state index in [2.05, 4.69) is 30.9 Å². The Bertz CT molecular complexity index is 499. The smallest absolute Gasteiger partial charge is 0.139 e. The maximum Gasteiger partial charge on any atom is 0.139 e. The molecule has 3 atom stereocenters. The average molecular weight is 264 g/mol. The zero-order valence-electron chi connectivity index (χ0n) is 10.8. The van der Waals surface area contributed by atoms with Crippen LogP contribution >= 0.6 is 11.6 Å². The van der Waals surface area contributed by atoms with Crippen molar-refractivity contribution in [2.45, 2.75) is 32.7 Å². The fourth-order valence-corrected chi connectivity index (χ4v) is 3.81. The number of hydrogen-bond acceptors (Lipinski definition) is 2. The van der Waals surface area contributed by atoms with Crippen LogP contribution in [-0.2, 0) is 11.2 Å². The third-order valence-corrected chi connectivity index (χ3v) is 4.69. The van der Waals surface area contributed by atoms with Crippen LogP contribution in [0.25, 0.3) is 0 Å². The number of halogens is 1. The molecule has 0 saturated carbocycles. The molecule has 0 aliphatic carbocycles. The summed E-state index contributed by atoms with van der Waals surface area (Å²) in [5, 5.41) is 0.806. The molecule has 0 radical (unpaired) electrons. The summed E-state index contributed by atoms with van der Waals surface area (Å²) in [6.07, 6.45) is 1.70. The van der Waals surface area contributed by atoms with Gasteiger partial charge in [0.05, 0.1) is 0 Å². The molecule has 96 valence electrons. The van der Waals surface area contributed by atoms with E-state index in [0.29, 0.717) is 24.2 Å². The number of Topliss-reactive ketones (excluding diaryl/α,β-unsaturated/α-hetero) is 1. The van der Waals surface area contributed by atoms with Crippen molar-refractivity contribution in [3.63, 3.8) is 0 Å². The molecule has 0 amide bonds. The van der Waals surface area contributed by atoms with Crippen molar-refractivity contribution in [3.05, 3.63) is 28.8 Å². The van der Waals surface area contributed by atoms with E-state index in [1.54, 1.807) is 0 Å². The molecule has 1 fully saturated rings. The highest BCUT2D eigenvalue weighted by molar-refractivity contribution is 6.30. The summed E-state index contributed by atoms with van der Waals surface area (Å²) in [5.41, 5.74) is 2.61. The van der Waals surface area contributed by atoms with Crippen LogP contribution in [0.4, 0.5) is 5.69 Å². The Morgan fingerprint density at radius 3 is 2.89 bits per heavy atom. The number of rotatable bonds is 0. The Hall–Kier alpha value is -1.02. The minimum Gasteiger partial charge on any atom is -0.367 e. The lowest BCUT2D eigenvalue weighted by atomic mass is 9.76. The van der Waals surface area contributed by atoms with Crippen molar-refractivity contribution in [1.29, 1.82) is 0 Å². The first-order valence-electron chi connectivity index (χ1n) is 6.65. The fraction of sp³-hybridized carbons (Fsp3) is 0.533. The Balaban J connectivity index is 2.04. The zero-order chi connectivity index (χ0) is 12.9. The SMILES string of the molecule is C[C@H]1Cc2cc(Cl)ccc2N2CCC(=O)[C@H](C)[C@H]12. The van der Waals surface area contributed by atoms with Crippen LogP contribution in [0.15, 0.2) is 18.2 Å². The van der Waals surface area contributed by atoms with Gasteiger partial charge in [0.15, 0.2) is 0 Å². The van der Waals surface area contributed by atoms with Crippen molar-refractivity contribution in [3.8, 4) is 0 Å². The summed E-state index contributed by atoms with van der Waals surface area (Å²) in [5.74, 6) is 1.08. The minimum absolute atomic E-state index is 0.151. The predicted octanol–water partition coefficient (Wildman–Crippen LogP) is 3.32. The summed E-state index contributed by atoms with van der Waals surface area (Å²) in [6, 6.07) is 6.50. The van der Waals surface area contributed by atoms with Crippen molar-refractivity contribution >= 4 is 23.1 Å². The quantitative estimate of drug-likeness (QED) is 0.716. The molecule has 0 aromatic heterocycles. The number of fused-ring (bicyclic) bond motifs is 3. The molecule has 2 heterocycles. The molecule has 1 saturated heterocycles. The maximum absolute atomic E-state index is 11.9. The molecular formula is C15H18ClNO. The number of benzene rings is 1. The summed E-state index contributed by atoms with van der Waals surface area (Å²) in [4.78, 5) is 14.3. The molecule has 2 aliphatic rings. The molecule has 1 aromatic carbocycles. The van der Waals surface area contributed by atoms with Gasteiger partial charge in [0, 0.05) is 35.6 Å². The molecule has 2 nitrogen and oxygen atoms in total. The third kappa shape index (κ3) is 1.74. The van der Waals surface area contributed by atoms with Crippen LogP contribution in [0, 0.1) is 11.8 Å². The lowest BCUT2D eigenvalue weighted by Gasteiger charge is -2.48. The van der Waals surface area contributed by atoms with Gasteiger partial charge in [-0.2, -0.15) is 0 Å². The van der Waals surface area contributed by atoms with Gasteiger partial charge in [0.25, 0.3) is 0 Å². The van der Waals surface area contributed by atoms with Gasteiger partial charge in [0.1, 0.15) is 5.78 Å². The van der Waals surface area contributed by atoms with Crippen LogP contribution in [0.1, 0.15) is 25.8 Å². The Kier molecular flexibility index (Phi) is 2.86. The average Bonchev–Trinajstić information content (AvgIpc) is 2.32. The van der Waals surface area contributed by atoms with Crippen LogP contribution in [-0.4, -0.2) is 18.4 Å². The van der Waals surface area contributed by atoms with E-state index in [1.807, 2.05) is 6.07 Å². The van der Waals surface area contributed by atoms with Crippen molar-refractivity contribution in [2.75, 3.05) is 11.4 Å². The summed E-state index contributed by atoms with van der Waals surface area (Å²) >= 11 is 6.08. The molecule has 3 heteroatoms. The van der Waals surface area contributed by atoms with E-state index >= 15 is 0 Å². The molecular weight excluding hydrogens is 246 g/mol. The standard InChI is InChI=1S/C15H18ClNO/c1-9-7-11-8-12(16)3-4-13(11)17-6-5-14(18)10(2)15(9)17/h3-4,8-10,15H,5-7H2,1-2H3/t9-,10-,15-/m0/s1. The Labute approximate surface area is 113 Å². The highest BCUT2D eigenvalue weighted by atomic mass is 35.5. The van der Waals surface area contributed by atoms with Gasteiger partial charge in [-0.05, 0) is 36.1 Å². The van der Waals surface area contributed by atoms with Crippen molar-refractivity contribution in [1.82, 2.24) is 0 Å². The highest BCUT2D eigenvalue weighted by Gasteiger charge is 2.40. The zero-order valence-corrected chi connectivity index (χ0v) is 11.6. The number of carbonyl (C=O) groups excluding carboxylic acids is 1. The number of nitrogens with zero attached hydrogens (tertiary/aromatic N) is 1. The topological polar surface area (TPSA) is 20.3 Å². The van der Waals surface area contributed by atoms with Gasteiger partial charge >= 0.3 is 0 Å². The lowest BCUT2D eigenvalue weighted by Crippen LogP contribution is -2.54. The summed E-state index contributed by atoms with van der Waals surface area (Å²) in [7, 11) is 0. The van der Waals surface area contributed by atoms with Crippen molar-refractivity contribution in [2.24, 2.45) is 11.8 Å². The van der Waals surface area contributed by atoms with Crippen LogP contribution in [0.5, 0.6) is 0 Å². The van der Waals surface area contributed by atoms with Gasteiger partial charge < -0.3 is 4.90 Å². The van der Waals surface area contributed by atoms with Crippen LogP contribution < -0.4 is 4.90 Å². The summed E-state index contributed by atoms with van der Waals surface area (Å²) in [6.45, 7) is 5.18. The lowest BCUT2D eigenvalue weighted by molar-refractivity contribution is -0.124. The number of carbonyl (C=O) groups is 1. The molecule has 0 spiro atoms. The summed E-state index contributed by atoms with van der Waals surface area (Å²) < 4.78 is 0. The molecule has 0 N–H and O–H groups in total. The van der Waals surface area contributed by atoms with E-state index in [1.165, 1.54) is 11.3 Å². The Morgan fingerprint density at radius 1 is 1.33 bits per heavy atom. The molecule has 0 bridgehead atoms.